The molecule has 0 aliphatic carbocycles. The van der Waals surface area contributed by atoms with Crippen LogP contribution in [0.25, 0.3) is 21.9 Å². The van der Waals surface area contributed by atoms with Crippen molar-refractivity contribution in [3.63, 3.8) is 0 Å². The summed E-state index contributed by atoms with van der Waals surface area (Å²) in [5.74, 6) is 0.821. The van der Waals surface area contributed by atoms with Gasteiger partial charge in [0.2, 0.25) is 11.6 Å². The van der Waals surface area contributed by atoms with E-state index in [0.29, 0.717) is 23.1 Å². The summed E-state index contributed by atoms with van der Waals surface area (Å²) in [6, 6.07) is 3.83. The normalized spacial score (nSPS) is 11.2. The van der Waals surface area contributed by atoms with Gasteiger partial charge in [-0.05, 0) is 32.2 Å². The van der Waals surface area contributed by atoms with Crippen molar-refractivity contribution in [1.29, 1.82) is 0 Å². The monoisotopic (exact) mass is 399 g/mol. The Morgan fingerprint density at radius 1 is 1.29 bits per heavy atom. The van der Waals surface area contributed by atoms with Gasteiger partial charge in [0.25, 0.3) is 5.56 Å². The van der Waals surface area contributed by atoms with Crippen molar-refractivity contribution in [2.45, 2.75) is 27.3 Å². The Morgan fingerprint density at radius 2 is 2.11 bits per heavy atom. The average molecular weight is 399 g/mol. The summed E-state index contributed by atoms with van der Waals surface area (Å²) in [6.07, 6.45) is 1.38. The first-order valence-electron chi connectivity index (χ1n) is 8.65. The molecule has 0 saturated carbocycles. The van der Waals surface area contributed by atoms with E-state index in [2.05, 4.69) is 9.97 Å². The minimum atomic E-state index is -0.604. The van der Waals surface area contributed by atoms with Crippen molar-refractivity contribution in [2.24, 2.45) is 0 Å². The van der Waals surface area contributed by atoms with E-state index < -0.39 is 11.5 Å². The number of ether oxygens (including phenoxy) is 1. The fourth-order valence-electron chi connectivity index (χ4n) is 2.94. The van der Waals surface area contributed by atoms with Crippen LogP contribution in [0, 0.1) is 13.8 Å². The molecule has 0 aliphatic rings. The van der Waals surface area contributed by atoms with E-state index in [4.69, 9.17) is 13.6 Å². The predicted octanol–water partition coefficient (Wildman–Crippen LogP) is 3.55. The van der Waals surface area contributed by atoms with Crippen LogP contribution in [0.3, 0.4) is 0 Å². The maximum Gasteiger partial charge on any atom is 0.342 e. The number of esters is 1. The SMILES string of the molecule is CCOC(=O)c1c(C)oc2ncn(Cc3nc(-c4cccs4)oc3C)c(=O)c12. The van der Waals surface area contributed by atoms with E-state index in [9.17, 15) is 9.59 Å². The quantitative estimate of drug-likeness (QED) is 0.473. The molecule has 0 amide bonds. The third-order valence-corrected chi connectivity index (χ3v) is 5.14. The Hall–Kier alpha value is -3.20. The van der Waals surface area contributed by atoms with Crippen molar-refractivity contribution in [2.75, 3.05) is 6.61 Å². The maximum absolute atomic E-state index is 13.0. The highest BCUT2D eigenvalue weighted by atomic mass is 32.1. The number of fused-ring (bicyclic) bond motifs is 1. The lowest BCUT2D eigenvalue weighted by molar-refractivity contribution is 0.0526. The van der Waals surface area contributed by atoms with Crippen molar-refractivity contribution < 1.29 is 18.4 Å². The molecule has 0 N–H and O–H groups in total. The van der Waals surface area contributed by atoms with Crippen LogP contribution in [-0.4, -0.2) is 27.1 Å². The molecule has 0 saturated heterocycles. The minimum Gasteiger partial charge on any atom is -0.462 e. The number of aryl methyl sites for hydroxylation is 2. The summed E-state index contributed by atoms with van der Waals surface area (Å²) >= 11 is 1.52. The number of hydrogen-bond donors (Lipinski definition) is 0. The number of aromatic nitrogens is 3. The van der Waals surface area contributed by atoms with Crippen molar-refractivity contribution in [3.8, 4) is 10.8 Å². The highest BCUT2D eigenvalue weighted by Gasteiger charge is 2.24. The first kappa shape index (κ1) is 18.2. The standard InChI is InChI=1S/C19H17N3O5S/c1-4-25-19(24)14-11(3)27-17-15(14)18(23)22(9-20-17)8-12-10(2)26-16(21-12)13-6-5-7-28-13/h5-7,9H,4,8H2,1-3H3. The molecule has 0 fully saturated rings. The van der Waals surface area contributed by atoms with Gasteiger partial charge in [-0.1, -0.05) is 6.07 Å². The fourth-order valence-corrected chi connectivity index (χ4v) is 3.59. The van der Waals surface area contributed by atoms with Crippen LogP contribution in [0.1, 0.15) is 34.5 Å². The molecule has 0 unspecified atom stereocenters. The number of hydrogen-bond acceptors (Lipinski definition) is 8. The Labute approximate surface area is 163 Å². The van der Waals surface area contributed by atoms with Crippen molar-refractivity contribution >= 4 is 28.4 Å². The molecular formula is C19H17N3O5S. The number of thiophene rings is 1. The first-order valence-corrected chi connectivity index (χ1v) is 9.53. The lowest BCUT2D eigenvalue weighted by Gasteiger charge is -2.04. The molecule has 4 aromatic rings. The first-order chi connectivity index (χ1) is 13.5. The summed E-state index contributed by atoms with van der Waals surface area (Å²) in [5, 5.41) is 2.05. The van der Waals surface area contributed by atoms with Gasteiger partial charge in [-0.25, -0.2) is 14.8 Å². The Kier molecular flexibility index (Phi) is 4.60. The molecule has 4 heterocycles. The van der Waals surface area contributed by atoms with E-state index in [1.807, 2.05) is 17.5 Å². The van der Waals surface area contributed by atoms with Gasteiger partial charge in [0.1, 0.15) is 34.5 Å². The number of furan rings is 1. The Bertz CT molecular complexity index is 1220. The third-order valence-electron chi connectivity index (χ3n) is 4.28. The molecule has 144 valence electrons. The molecule has 8 nitrogen and oxygen atoms in total. The molecule has 28 heavy (non-hydrogen) atoms. The summed E-state index contributed by atoms with van der Waals surface area (Å²) in [5.41, 5.74) is 0.437. The molecule has 4 rings (SSSR count). The van der Waals surface area contributed by atoms with Gasteiger partial charge in [-0.2, -0.15) is 0 Å². The molecule has 9 heteroatoms. The zero-order chi connectivity index (χ0) is 19.8. The second kappa shape index (κ2) is 7.08. The van der Waals surface area contributed by atoms with Gasteiger partial charge in [0, 0.05) is 0 Å². The van der Waals surface area contributed by atoms with Crippen LogP contribution in [0.15, 0.2) is 37.5 Å². The Morgan fingerprint density at radius 3 is 2.82 bits per heavy atom. The van der Waals surface area contributed by atoms with E-state index >= 15 is 0 Å². The summed E-state index contributed by atoms with van der Waals surface area (Å²) < 4.78 is 17.6. The summed E-state index contributed by atoms with van der Waals surface area (Å²) in [4.78, 5) is 34.9. The molecule has 0 aliphatic heterocycles. The highest BCUT2D eigenvalue weighted by Crippen LogP contribution is 2.26. The lowest BCUT2D eigenvalue weighted by Crippen LogP contribution is -2.23. The molecule has 0 spiro atoms. The van der Waals surface area contributed by atoms with Gasteiger partial charge in [-0.15, -0.1) is 11.3 Å². The predicted molar refractivity (Wildman–Crippen MR) is 103 cm³/mol. The van der Waals surface area contributed by atoms with Crippen molar-refractivity contribution in [3.05, 3.63) is 57.0 Å². The topological polar surface area (TPSA) is 100 Å². The molecule has 0 radical (unpaired) electrons. The number of rotatable bonds is 5. The van der Waals surface area contributed by atoms with Gasteiger partial charge < -0.3 is 13.6 Å². The zero-order valence-electron chi connectivity index (χ0n) is 15.5. The lowest BCUT2D eigenvalue weighted by atomic mass is 10.2. The van der Waals surface area contributed by atoms with E-state index in [-0.39, 0.29) is 29.8 Å². The summed E-state index contributed by atoms with van der Waals surface area (Å²) in [6.45, 7) is 5.46. The Balaban J connectivity index is 1.76. The number of carbonyl (C=O) groups excluding carboxylic acids is 1. The van der Waals surface area contributed by atoms with Crippen LogP contribution in [-0.2, 0) is 11.3 Å². The van der Waals surface area contributed by atoms with Gasteiger partial charge >= 0.3 is 5.97 Å². The highest BCUT2D eigenvalue weighted by molar-refractivity contribution is 7.13. The van der Waals surface area contributed by atoms with Crippen molar-refractivity contribution in [1.82, 2.24) is 14.5 Å². The third kappa shape index (κ3) is 3.03. The zero-order valence-corrected chi connectivity index (χ0v) is 16.3. The van der Waals surface area contributed by atoms with Crippen LogP contribution >= 0.6 is 11.3 Å². The van der Waals surface area contributed by atoms with Gasteiger partial charge in [0.15, 0.2) is 0 Å². The number of carbonyl (C=O) groups is 1. The average Bonchev–Trinajstić information content (AvgIpc) is 3.37. The maximum atomic E-state index is 13.0. The second-order valence-corrected chi connectivity index (χ2v) is 7.06. The number of nitrogens with zero attached hydrogens (tertiary/aromatic N) is 3. The van der Waals surface area contributed by atoms with Gasteiger partial charge in [0.05, 0.1) is 18.0 Å². The molecule has 0 aromatic carbocycles. The van der Waals surface area contributed by atoms with E-state index in [0.717, 1.165) is 4.88 Å². The van der Waals surface area contributed by atoms with Crippen LogP contribution in [0.5, 0.6) is 0 Å². The molecular weight excluding hydrogens is 382 g/mol. The fraction of sp³-hybridized carbons (Fsp3) is 0.263. The smallest absolute Gasteiger partial charge is 0.342 e. The van der Waals surface area contributed by atoms with Crippen LogP contribution < -0.4 is 5.56 Å². The summed E-state index contributed by atoms with van der Waals surface area (Å²) in [7, 11) is 0. The van der Waals surface area contributed by atoms with E-state index in [1.165, 1.54) is 22.2 Å². The largest absolute Gasteiger partial charge is 0.462 e. The number of oxazole rings is 1. The molecule has 4 aromatic heterocycles. The van der Waals surface area contributed by atoms with E-state index in [1.54, 1.807) is 20.8 Å². The minimum absolute atomic E-state index is 0.109. The van der Waals surface area contributed by atoms with Crippen LogP contribution in [0.4, 0.5) is 0 Å². The second-order valence-electron chi connectivity index (χ2n) is 6.11. The van der Waals surface area contributed by atoms with Crippen LogP contribution in [0.2, 0.25) is 0 Å². The molecule has 0 atom stereocenters. The molecule has 0 bridgehead atoms. The van der Waals surface area contributed by atoms with Gasteiger partial charge in [-0.3, -0.25) is 9.36 Å².